The Labute approximate surface area is 426 Å². The maximum atomic E-state index is 13.6. The van der Waals surface area contributed by atoms with Gasteiger partial charge in [0.2, 0.25) is 0 Å². The Balaban J connectivity index is 0.000000279. The highest BCUT2D eigenvalue weighted by atomic mass is 31.2. The molecule has 0 aliphatic rings. The van der Waals surface area contributed by atoms with E-state index in [1.165, 1.54) is 12.7 Å². The predicted octanol–water partition coefficient (Wildman–Crippen LogP) is 5.66. The van der Waals surface area contributed by atoms with Gasteiger partial charge < -0.3 is 58.8 Å². The predicted molar refractivity (Wildman–Crippen MR) is 272 cm³/mol. The van der Waals surface area contributed by atoms with Crippen LogP contribution in [0.2, 0.25) is 0 Å². The number of carbonyl (C=O) groups is 4. The highest BCUT2D eigenvalue weighted by Gasteiger charge is 2.33. The standard InChI is InChI=1S/2C21H29N6O5P.C4H4O4/c2*1-14(2)31-21(28)16(4)26-33(29,32-17-8-6-5-7-9-17)13-30-15(3)10-27-12-25-18-19(22)23-11-24-20(18)27;5-3(6)1-2-4(7)8/h2*5-9,11-12,14-16H,10,13H2,1-4H3,(H,26,29)(H2,22,23,24);1-2H,(H,5,6)(H,7,8)/b;;2-1+/t15-,16+,33?;15-,16+,33+;/m11./s1. The van der Waals surface area contributed by atoms with Gasteiger partial charge in [-0.1, -0.05) is 36.4 Å². The van der Waals surface area contributed by atoms with Crippen LogP contribution in [0, 0.1) is 0 Å². The summed E-state index contributed by atoms with van der Waals surface area (Å²) in [6.45, 7) is 14.5. The van der Waals surface area contributed by atoms with Gasteiger partial charge in [0.05, 0.1) is 50.2 Å². The molecule has 0 bridgehead atoms. The molecule has 2 aromatic carbocycles. The number of carbonyl (C=O) groups excluding carboxylic acids is 2. The second-order valence-electron chi connectivity index (χ2n) is 16.7. The maximum absolute atomic E-state index is 13.6. The number of fused-ring (bicyclic) bond motifs is 2. The Morgan fingerprint density at radius 3 is 1.26 bits per heavy atom. The molecule has 6 aromatic rings. The van der Waals surface area contributed by atoms with Crippen LogP contribution in [0.15, 0.2) is 98.1 Å². The highest BCUT2D eigenvalue weighted by molar-refractivity contribution is 7.57. The minimum absolute atomic E-state index is 0.272. The minimum atomic E-state index is -3.64. The topological polar surface area (TPSA) is 362 Å². The molecule has 0 spiro atoms. The highest BCUT2D eigenvalue weighted by Crippen LogP contribution is 2.45. The number of carboxylic acids is 2. The summed E-state index contributed by atoms with van der Waals surface area (Å²) in [4.78, 5) is 68.4. The first-order valence-corrected chi connectivity index (χ1v) is 26.4. The van der Waals surface area contributed by atoms with Crippen molar-refractivity contribution in [3.63, 3.8) is 0 Å². The molecule has 6 atom stereocenters. The first-order valence-electron chi connectivity index (χ1n) is 22.8. The minimum Gasteiger partial charge on any atom is -0.478 e. The summed E-state index contributed by atoms with van der Waals surface area (Å²) < 4.78 is 64.4. The first kappa shape index (κ1) is 59.2. The van der Waals surface area contributed by atoms with Gasteiger partial charge in [0.15, 0.2) is 22.9 Å². The van der Waals surface area contributed by atoms with Gasteiger partial charge in [-0.15, -0.1) is 0 Å². The summed E-state index contributed by atoms with van der Waals surface area (Å²) in [5.74, 6) is -2.21. The molecule has 28 heteroatoms. The number of ether oxygens (including phenoxy) is 4. The lowest BCUT2D eigenvalue weighted by Gasteiger charge is -2.25. The number of nitrogens with one attached hydrogen (secondary N) is 2. The molecule has 1 unspecified atom stereocenters. The normalized spacial score (nSPS) is 14.6. The van der Waals surface area contributed by atoms with Crippen LogP contribution in [-0.2, 0) is 60.3 Å². The molecule has 0 aliphatic carbocycles. The van der Waals surface area contributed by atoms with Crippen LogP contribution >= 0.6 is 15.0 Å². The molecular weight excluding hydrogens is 1010 g/mol. The van der Waals surface area contributed by atoms with E-state index in [0.717, 1.165) is 0 Å². The number of carboxylic acid groups (broad SMARTS) is 2. The number of hydrogen-bond acceptors (Lipinski definition) is 20. The third-order valence-corrected chi connectivity index (χ3v) is 12.9. The Morgan fingerprint density at radius 1 is 0.581 bits per heavy atom. The number of esters is 2. The molecule has 400 valence electrons. The van der Waals surface area contributed by atoms with Crippen LogP contribution in [0.25, 0.3) is 22.3 Å². The molecule has 4 aromatic heterocycles. The summed E-state index contributed by atoms with van der Waals surface area (Å²) in [6, 6.07) is 15.7. The van der Waals surface area contributed by atoms with Gasteiger partial charge in [-0.3, -0.25) is 18.7 Å². The van der Waals surface area contributed by atoms with Gasteiger partial charge in [-0.2, -0.15) is 0 Å². The molecule has 0 saturated carbocycles. The number of benzene rings is 2. The van der Waals surface area contributed by atoms with Gasteiger partial charge in [-0.25, -0.2) is 49.7 Å². The molecule has 6 rings (SSSR count). The average molecular weight is 1070 g/mol. The second kappa shape index (κ2) is 28.2. The zero-order valence-corrected chi connectivity index (χ0v) is 43.7. The summed E-state index contributed by atoms with van der Waals surface area (Å²) in [5.41, 5.74) is 13.8. The zero-order valence-electron chi connectivity index (χ0n) is 42.0. The molecule has 0 radical (unpaired) electrons. The summed E-state index contributed by atoms with van der Waals surface area (Å²) >= 11 is 0. The molecule has 0 aliphatic heterocycles. The van der Waals surface area contributed by atoms with E-state index in [1.54, 1.807) is 112 Å². The molecule has 0 fully saturated rings. The van der Waals surface area contributed by atoms with Crippen molar-refractivity contribution in [2.75, 3.05) is 24.2 Å². The van der Waals surface area contributed by atoms with Crippen LogP contribution in [0.1, 0.15) is 55.4 Å². The number of nitrogen functional groups attached to an aromatic ring is 2. The number of anilines is 2. The number of rotatable bonds is 24. The molecule has 8 N–H and O–H groups in total. The average Bonchev–Trinajstić information content (AvgIpc) is 3.95. The third kappa shape index (κ3) is 19.6. The van der Waals surface area contributed by atoms with E-state index < -0.39 is 51.0 Å². The van der Waals surface area contributed by atoms with Crippen molar-refractivity contribution in [2.45, 2.75) is 105 Å². The van der Waals surface area contributed by atoms with Crippen LogP contribution in [0.3, 0.4) is 0 Å². The van der Waals surface area contributed by atoms with E-state index in [4.69, 9.17) is 49.7 Å². The molecule has 0 amide bonds. The largest absolute Gasteiger partial charge is 0.478 e. The molecule has 4 heterocycles. The molecule has 74 heavy (non-hydrogen) atoms. The first-order chi connectivity index (χ1) is 35.0. The van der Waals surface area contributed by atoms with Crippen molar-refractivity contribution >= 4 is 72.9 Å². The van der Waals surface area contributed by atoms with Crippen molar-refractivity contribution in [2.24, 2.45) is 0 Å². The van der Waals surface area contributed by atoms with Crippen LogP contribution in [0.5, 0.6) is 11.5 Å². The third-order valence-electron chi connectivity index (χ3n) is 9.38. The zero-order chi connectivity index (χ0) is 54.6. The lowest BCUT2D eigenvalue weighted by atomic mass is 10.3. The molecule has 26 nitrogen and oxygen atoms in total. The number of para-hydroxylation sites is 2. The van der Waals surface area contributed by atoms with Crippen molar-refractivity contribution in [3.8, 4) is 11.5 Å². The number of aromatic nitrogens is 8. The smallest absolute Gasteiger partial charge is 0.342 e. The number of aliphatic carboxylic acids is 2. The van der Waals surface area contributed by atoms with Crippen molar-refractivity contribution in [1.82, 2.24) is 49.2 Å². The van der Waals surface area contributed by atoms with E-state index in [1.807, 2.05) is 26.0 Å². The number of nitrogens with two attached hydrogens (primary N) is 2. The fraction of sp³-hybridized carbons (Fsp3) is 0.391. The SMILES string of the molecule is CC(C)OC(=O)[C@H](C)NP(=O)(CO[C@H](C)Cn1cnc2c(N)ncnc21)Oc1ccccc1.CC(C)OC(=O)[C@H](C)N[P@](=O)(CO[C@H](C)Cn1cnc2c(N)ncnc21)Oc1ccccc1.O=C(O)/C=C/C(=O)O. The summed E-state index contributed by atoms with van der Waals surface area (Å²) in [6.07, 6.45) is 5.14. The molecule has 0 saturated heterocycles. The quantitative estimate of drug-likeness (QED) is 0.0242. The van der Waals surface area contributed by atoms with E-state index >= 15 is 0 Å². The van der Waals surface area contributed by atoms with Crippen molar-refractivity contribution in [1.29, 1.82) is 0 Å². The Kier molecular flexibility index (Phi) is 22.6. The fourth-order valence-corrected chi connectivity index (χ4v) is 9.74. The Morgan fingerprint density at radius 2 is 0.932 bits per heavy atom. The van der Waals surface area contributed by atoms with E-state index in [0.29, 0.717) is 70.7 Å². The van der Waals surface area contributed by atoms with Crippen LogP contribution in [0.4, 0.5) is 11.6 Å². The van der Waals surface area contributed by atoms with E-state index in [-0.39, 0.29) is 37.1 Å². The Hall–Kier alpha value is -7.34. The summed E-state index contributed by atoms with van der Waals surface area (Å²) in [7, 11) is -7.28. The summed E-state index contributed by atoms with van der Waals surface area (Å²) in [5, 5.41) is 21.2. The monoisotopic (exact) mass is 1070 g/mol. The van der Waals surface area contributed by atoms with Gasteiger partial charge in [0.1, 0.15) is 60.0 Å². The lowest BCUT2D eigenvalue weighted by Crippen LogP contribution is -2.37. The number of nitrogens with zero attached hydrogens (tertiary/aromatic N) is 8. The number of imidazole rings is 2. The number of hydrogen-bond donors (Lipinski definition) is 6. The maximum Gasteiger partial charge on any atom is 0.342 e. The van der Waals surface area contributed by atoms with Gasteiger partial charge in [0, 0.05) is 12.2 Å². The lowest BCUT2D eigenvalue weighted by molar-refractivity contribution is -0.149. The van der Waals surface area contributed by atoms with E-state index in [9.17, 15) is 28.3 Å². The van der Waals surface area contributed by atoms with Crippen molar-refractivity contribution < 1.29 is 66.5 Å². The van der Waals surface area contributed by atoms with Crippen molar-refractivity contribution in [3.05, 3.63) is 98.1 Å². The van der Waals surface area contributed by atoms with Crippen LogP contribution in [-0.4, -0.2) is 122 Å². The Bertz CT molecular complexity index is 2710. The second-order valence-corrected chi connectivity index (χ2v) is 20.8. The van der Waals surface area contributed by atoms with Crippen LogP contribution < -0.4 is 30.7 Å². The van der Waals surface area contributed by atoms with Gasteiger partial charge in [-0.05, 0) is 79.7 Å². The molecular formula is C46H62N12O14P2. The fourth-order valence-electron chi connectivity index (χ4n) is 6.16. The van der Waals surface area contributed by atoms with E-state index in [2.05, 4.69) is 40.1 Å². The van der Waals surface area contributed by atoms with Gasteiger partial charge >= 0.3 is 38.9 Å². The van der Waals surface area contributed by atoms with Gasteiger partial charge in [0.25, 0.3) is 0 Å².